The average molecular weight is 189 g/mol. The Morgan fingerprint density at radius 2 is 2.36 bits per heavy atom. The minimum Gasteiger partial charge on any atom is -0.381 e. The van der Waals surface area contributed by atoms with Crippen LogP contribution in [0.1, 0.15) is 12.5 Å². The lowest BCUT2D eigenvalue weighted by Gasteiger charge is -1.97. The van der Waals surface area contributed by atoms with Crippen LogP contribution in [0, 0.1) is 0 Å². The third-order valence-corrected chi connectivity index (χ3v) is 2.10. The molecule has 0 atom stereocenters. The second kappa shape index (κ2) is 3.49. The molecule has 0 saturated carbocycles. The molecule has 0 unspecified atom stereocenters. The van der Waals surface area contributed by atoms with Gasteiger partial charge in [-0.15, -0.1) is 0 Å². The maximum atomic E-state index is 5.66. The monoisotopic (exact) mass is 189 g/mol. The van der Waals surface area contributed by atoms with E-state index in [0.717, 1.165) is 23.3 Å². The van der Waals surface area contributed by atoms with Crippen molar-refractivity contribution in [2.45, 2.75) is 13.3 Å². The molecule has 0 aliphatic heterocycles. The summed E-state index contributed by atoms with van der Waals surface area (Å²) in [5, 5.41) is 3.74. The van der Waals surface area contributed by atoms with Gasteiger partial charge in [0.2, 0.25) is 0 Å². The van der Waals surface area contributed by atoms with Gasteiger partial charge >= 0.3 is 0 Å². The van der Waals surface area contributed by atoms with Crippen LogP contribution in [0.3, 0.4) is 0 Å². The minimum atomic E-state index is 0.464. The van der Waals surface area contributed by atoms with Gasteiger partial charge in [0.05, 0.1) is 0 Å². The van der Waals surface area contributed by atoms with Crippen molar-refractivity contribution in [1.82, 2.24) is 10.1 Å². The predicted octanol–water partition coefficient (Wildman–Crippen LogP) is 1.88. The Morgan fingerprint density at radius 3 is 3.00 bits per heavy atom. The van der Waals surface area contributed by atoms with Crippen LogP contribution in [0.4, 0.5) is 5.82 Å². The van der Waals surface area contributed by atoms with Crippen LogP contribution in [0.5, 0.6) is 0 Å². The summed E-state index contributed by atoms with van der Waals surface area (Å²) in [5.41, 5.74) is 7.52. The van der Waals surface area contributed by atoms with E-state index >= 15 is 0 Å². The standard InChI is InChI=1S/C10H11N3O/c1-2-8-9(14-13-10(8)11)7-4-3-5-12-6-7/h3-6H,2H2,1H3,(H2,11,13). The fourth-order valence-corrected chi connectivity index (χ4v) is 1.39. The number of nitrogens with zero attached hydrogens (tertiary/aromatic N) is 2. The molecule has 0 saturated heterocycles. The van der Waals surface area contributed by atoms with Crippen molar-refractivity contribution in [3.8, 4) is 11.3 Å². The molecule has 4 heteroatoms. The third-order valence-electron chi connectivity index (χ3n) is 2.10. The van der Waals surface area contributed by atoms with E-state index in [1.165, 1.54) is 0 Å². The molecule has 2 rings (SSSR count). The number of rotatable bonds is 2. The first-order valence-electron chi connectivity index (χ1n) is 4.47. The lowest BCUT2D eigenvalue weighted by atomic mass is 10.1. The largest absolute Gasteiger partial charge is 0.381 e. The highest BCUT2D eigenvalue weighted by molar-refractivity contribution is 5.64. The van der Waals surface area contributed by atoms with Crippen LogP contribution in [-0.4, -0.2) is 10.1 Å². The third kappa shape index (κ3) is 1.35. The Hall–Kier alpha value is -1.84. The second-order valence-electron chi connectivity index (χ2n) is 2.97. The summed E-state index contributed by atoms with van der Waals surface area (Å²) in [7, 11) is 0. The zero-order valence-electron chi connectivity index (χ0n) is 7.90. The molecule has 2 N–H and O–H groups in total. The molecule has 2 aromatic heterocycles. The van der Waals surface area contributed by atoms with E-state index in [2.05, 4.69) is 10.1 Å². The normalized spacial score (nSPS) is 10.4. The Bertz CT molecular complexity index is 422. The van der Waals surface area contributed by atoms with E-state index in [4.69, 9.17) is 10.3 Å². The second-order valence-corrected chi connectivity index (χ2v) is 2.97. The molecule has 0 aromatic carbocycles. The van der Waals surface area contributed by atoms with Crippen LogP contribution in [0.15, 0.2) is 29.0 Å². The first-order chi connectivity index (χ1) is 6.83. The molecule has 0 spiro atoms. The summed E-state index contributed by atoms with van der Waals surface area (Å²) in [4.78, 5) is 4.02. The van der Waals surface area contributed by atoms with Crippen molar-refractivity contribution in [2.75, 3.05) is 5.73 Å². The molecule has 2 aromatic rings. The van der Waals surface area contributed by atoms with E-state index in [9.17, 15) is 0 Å². The molecule has 72 valence electrons. The summed E-state index contributed by atoms with van der Waals surface area (Å²) in [6, 6.07) is 3.78. The maximum absolute atomic E-state index is 5.66. The first kappa shape index (κ1) is 8.74. The Morgan fingerprint density at radius 1 is 1.50 bits per heavy atom. The molecule has 0 amide bonds. The van der Waals surface area contributed by atoms with Gasteiger partial charge in [-0.2, -0.15) is 0 Å². The highest BCUT2D eigenvalue weighted by Gasteiger charge is 2.13. The highest BCUT2D eigenvalue weighted by atomic mass is 16.5. The summed E-state index contributed by atoms with van der Waals surface area (Å²) in [6.07, 6.45) is 4.26. The zero-order chi connectivity index (χ0) is 9.97. The Kier molecular flexibility index (Phi) is 2.18. The van der Waals surface area contributed by atoms with Gasteiger partial charge in [-0.25, -0.2) is 0 Å². The van der Waals surface area contributed by atoms with Gasteiger partial charge in [0.25, 0.3) is 0 Å². The van der Waals surface area contributed by atoms with Gasteiger partial charge in [-0.05, 0) is 18.6 Å². The van der Waals surface area contributed by atoms with Crippen LogP contribution in [0.2, 0.25) is 0 Å². The smallest absolute Gasteiger partial charge is 0.173 e. The van der Waals surface area contributed by atoms with Gasteiger partial charge in [0.15, 0.2) is 11.6 Å². The number of hydrogen-bond acceptors (Lipinski definition) is 4. The van der Waals surface area contributed by atoms with Crippen molar-refractivity contribution < 1.29 is 4.52 Å². The summed E-state index contributed by atoms with van der Waals surface area (Å²) >= 11 is 0. The number of anilines is 1. The van der Waals surface area contributed by atoms with Crippen LogP contribution >= 0.6 is 0 Å². The topological polar surface area (TPSA) is 64.9 Å². The number of aromatic nitrogens is 2. The van der Waals surface area contributed by atoms with Crippen molar-refractivity contribution in [3.63, 3.8) is 0 Å². The van der Waals surface area contributed by atoms with E-state index < -0.39 is 0 Å². The van der Waals surface area contributed by atoms with E-state index in [0.29, 0.717) is 5.82 Å². The van der Waals surface area contributed by atoms with Crippen LogP contribution in [0.25, 0.3) is 11.3 Å². The summed E-state index contributed by atoms with van der Waals surface area (Å²) in [5.74, 6) is 1.18. The molecule has 0 aliphatic rings. The van der Waals surface area contributed by atoms with Crippen LogP contribution < -0.4 is 5.73 Å². The molecule has 4 nitrogen and oxygen atoms in total. The first-order valence-corrected chi connectivity index (χ1v) is 4.47. The van der Waals surface area contributed by atoms with E-state index in [-0.39, 0.29) is 0 Å². The molecule has 0 fully saturated rings. The van der Waals surface area contributed by atoms with E-state index in [1.807, 2.05) is 19.1 Å². The number of nitrogen functional groups attached to an aromatic ring is 1. The molecule has 0 radical (unpaired) electrons. The maximum Gasteiger partial charge on any atom is 0.173 e. The fraction of sp³-hybridized carbons (Fsp3) is 0.200. The summed E-state index contributed by atoms with van der Waals surface area (Å²) in [6.45, 7) is 2.02. The average Bonchev–Trinajstić information content (AvgIpc) is 2.61. The number of hydrogen-bond donors (Lipinski definition) is 1. The number of pyridine rings is 1. The van der Waals surface area contributed by atoms with Gasteiger partial charge < -0.3 is 10.3 Å². The summed E-state index contributed by atoms with van der Waals surface area (Å²) < 4.78 is 5.16. The van der Waals surface area contributed by atoms with Crippen LogP contribution in [-0.2, 0) is 6.42 Å². The molecular weight excluding hydrogens is 178 g/mol. The van der Waals surface area contributed by atoms with Gasteiger partial charge in [0.1, 0.15) is 0 Å². The zero-order valence-corrected chi connectivity index (χ0v) is 7.90. The van der Waals surface area contributed by atoms with E-state index in [1.54, 1.807) is 12.4 Å². The van der Waals surface area contributed by atoms with Gasteiger partial charge in [-0.1, -0.05) is 12.1 Å². The SMILES string of the molecule is CCc1c(N)noc1-c1cccnc1. The van der Waals surface area contributed by atoms with Gasteiger partial charge in [-0.3, -0.25) is 4.98 Å². The molecule has 2 heterocycles. The Balaban J connectivity index is 2.52. The van der Waals surface area contributed by atoms with Crippen molar-refractivity contribution in [2.24, 2.45) is 0 Å². The van der Waals surface area contributed by atoms with Crippen molar-refractivity contribution >= 4 is 5.82 Å². The predicted molar refractivity (Wildman–Crippen MR) is 53.5 cm³/mol. The molecule has 14 heavy (non-hydrogen) atoms. The lowest BCUT2D eigenvalue weighted by Crippen LogP contribution is -1.90. The van der Waals surface area contributed by atoms with Crippen molar-refractivity contribution in [1.29, 1.82) is 0 Å². The molecule has 0 aliphatic carbocycles. The molecular formula is C10H11N3O. The lowest BCUT2D eigenvalue weighted by molar-refractivity contribution is 0.435. The highest BCUT2D eigenvalue weighted by Crippen LogP contribution is 2.27. The van der Waals surface area contributed by atoms with Gasteiger partial charge in [0, 0.05) is 23.5 Å². The number of nitrogens with two attached hydrogens (primary N) is 1. The fourth-order valence-electron chi connectivity index (χ4n) is 1.39. The van der Waals surface area contributed by atoms with Crippen molar-refractivity contribution in [3.05, 3.63) is 30.1 Å². The molecule has 0 bridgehead atoms. The Labute approximate surface area is 81.7 Å². The minimum absolute atomic E-state index is 0.464. The quantitative estimate of drug-likeness (QED) is 0.783.